The van der Waals surface area contributed by atoms with E-state index >= 15 is 0 Å². The van der Waals surface area contributed by atoms with Gasteiger partial charge in [-0.05, 0) is 29.9 Å². The van der Waals surface area contributed by atoms with Crippen molar-refractivity contribution in [2.45, 2.75) is 32.6 Å². The van der Waals surface area contributed by atoms with Gasteiger partial charge in [-0.25, -0.2) is 21.9 Å². The van der Waals surface area contributed by atoms with Crippen molar-refractivity contribution in [3.05, 3.63) is 23.8 Å². The molecule has 3 N–H and O–H groups in total. The van der Waals surface area contributed by atoms with Crippen LogP contribution < -0.4 is 10.5 Å². The lowest BCUT2D eigenvalue weighted by Crippen LogP contribution is -2.34. The van der Waals surface area contributed by atoms with Crippen molar-refractivity contribution in [2.75, 3.05) is 12.3 Å². The molecule has 1 aromatic rings. The van der Waals surface area contributed by atoms with E-state index in [-0.39, 0.29) is 24.3 Å². The smallest absolute Gasteiger partial charge is 0.243 e. The highest BCUT2D eigenvalue weighted by molar-refractivity contribution is 7.89. The molecule has 1 rings (SSSR count). The van der Waals surface area contributed by atoms with Gasteiger partial charge in [0.2, 0.25) is 10.0 Å². The van der Waals surface area contributed by atoms with Crippen molar-refractivity contribution < 1.29 is 17.2 Å². The van der Waals surface area contributed by atoms with Crippen LogP contribution in [0.4, 0.5) is 14.5 Å². The molecule has 0 fully saturated rings. The van der Waals surface area contributed by atoms with Gasteiger partial charge < -0.3 is 5.73 Å². The second-order valence-corrected chi connectivity index (χ2v) is 7.51. The number of sulfonamides is 1. The third kappa shape index (κ3) is 4.14. The van der Waals surface area contributed by atoms with Crippen LogP contribution in [-0.2, 0) is 10.0 Å². The summed E-state index contributed by atoms with van der Waals surface area (Å²) >= 11 is 0. The van der Waals surface area contributed by atoms with Crippen LogP contribution in [0.1, 0.15) is 27.7 Å². The van der Waals surface area contributed by atoms with Crippen LogP contribution in [0.5, 0.6) is 0 Å². The molecule has 0 saturated heterocycles. The van der Waals surface area contributed by atoms with E-state index in [0.717, 1.165) is 12.1 Å². The number of nitrogens with one attached hydrogen (secondary N) is 1. The van der Waals surface area contributed by atoms with Gasteiger partial charge in [0.05, 0.1) is 0 Å². The summed E-state index contributed by atoms with van der Waals surface area (Å²) in [5.41, 5.74) is 4.40. The summed E-state index contributed by atoms with van der Waals surface area (Å²) in [6.07, 6.45) is 0. The topological polar surface area (TPSA) is 72.2 Å². The van der Waals surface area contributed by atoms with Crippen molar-refractivity contribution >= 4 is 15.7 Å². The summed E-state index contributed by atoms with van der Waals surface area (Å²) in [7, 11) is -4.06. The summed E-state index contributed by atoms with van der Waals surface area (Å²) < 4.78 is 53.6. The van der Waals surface area contributed by atoms with Crippen molar-refractivity contribution in [1.29, 1.82) is 0 Å². The molecule has 0 aliphatic rings. The highest BCUT2D eigenvalue weighted by Crippen LogP contribution is 2.24. The first-order chi connectivity index (χ1) is 9.58. The lowest BCUT2D eigenvalue weighted by Gasteiger charge is -2.25. The zero-order chi connectivity index (χ0) is 16.4. The van der Waals surface area contributed by atoms with Crippen molar-refractivity contribution in [3.8, 4) is 0 Å². The Kier molecular flexibility index (Phi) is 5.69. The maximum Gasteiger partial charge on any atom is 0.243 e. The van der Waals surface area contributed by atoms with Gasteiger partial charge in [-0.2, -0.15) is 0 Å². The fraction of sp³-hybridized carbons (Fsp3) is 0.571. The van der Waals surface area contributed by atoms with Gasteiger partial charge in [-0.3, -0.25) is 0 Å². The molecule has 0 aliphatic carbocycles. The summed E-state index contributed by atoms with van der Waals surface area (Å²) in [5.74, 6) is -1.57. The van der Waals surface area contributed by atoms with E-state index in [2.05, 4.69) is 4.72 Å². The van der Waals surface area contributed by atoms with Gasteiger partial charge in [0.25, 0.3) is 0 Å². The van der Waals surface area contributed by atoms with E-state index in [1.54, 1.807) is 0 Å². The standard InChI is InChI=1S/C14H22F2N2O2S/c1-8(2)10(9(3)4)7-18-21(19,20)12-6-5-11(15)14(17)13(12)16/h5-6,8-10,18H,7,17H2,1-4H3. The minimum atomic E-state index is -4.06. The second-order valence-electron chi connectivity index (χ2n) is 5.78. The van der Waals surface area contributed by atoms with Crippen LogP contribution in [-0.4, -0.2) is 15.0 Å². The van der Waals surface area contributed by atoms with Crippen LogP contribution in [0.2, 0.25) is 0 Å². The quantitative estimate of drug-likeness (QED) is 0.792. The fourth-order valence-corrected chi connectivity index (χ4v) is 3.44. The maximum absolute atomic E-state index is 13.8. The Balaban J connectivity index is 3.00. The van der Waals surface area contributed by atoms with Gasteiger partial charge in [-0.15, -0.1) is 0 Å². The molecule has 0 aromatic heterocycles. The van der Waals surface area contributed by atoms with Crippen LogP contribution in [0.25, 0.3) is 0 Å². The zero-order valence-corrected chi connectivity index (χ0v) is 13.5. The van der Waals surface area contributed by atoms with E-state index in [0.29, 0.717) is 0 Å². The van der Waals surface area contributed by atoms with Crippen LogP contribution >= 0.6 is 0 Å². The van der Waals surface area contributed by atoms with Gasteiger partial charge >= 0.3 is 0 Å². The first-order valence-electron chi connectivity index (χ1n) is 6.81. The first-order valence-corrected chi connectivity index (χ1v) is 8.29. The molecule has 0 heterocycles. The van der Waals surface area contributed by atoms with Crippen molar-refractivity contribution in [1.82, 2.24) is 4.72 Å². The number of nitrogen functional groups attached to an aromatic ring is 1. The number of hydrogen-bond acceptors (Lipinski definition) is 3. The summed E-state index contributed by atoms with van der Waals surface area (Å²) in [6, 6.07) is 1.72. The van der Waals surface area contributed by atoms with E-state index in [1.165, 1.54) is 0 Å². The summed E-state index contributed by atoms with van der Waals surface area (Å²) in [5, 5.41) is 0. The van der Waals surface area contributed by atoms with Crippen LogP contribution in [0, 0.1) is 29.4 Å². The van der Waals surface area contributed by atoms with Crippen LogP contribution in [0.15, 0.2) is 17.0 Å². The number of anilines is 1. The average molecular weight is 320 g/mol. The molecular formula is C14H22F2N2O2S. The Morgan fingerprint density at radius 3 is 2.14 bits per heavy atom. The molecular weight excluding hydrogens is 298 g/mol. The fourth-order valence-electron chi connectivity index (χ4n) is 2.28. The van der Waals surface area contributed by atoms with E-state index in [9.17, 15) is 17.2 Å². The monoisotopic (exact) mass is 320 g/mol. The highest BCUT2D eigenvalue weighted by atomic mass is 32.2. The Hall–Kier alpha value is -1.21. The summed E-state index contributed by atoms with van der Waals surface area (Å²) in [6.45, 7) is 8.17. The number of halogens is 2. The Bertz CT molecular complexity index is 593. The lowest BCUT2D eigenvalue weighted by molar-refractivity contribution is 0.289. The van der Waals surface area contributed by atoms with Crippen LogP contribution in [0.3, 0.4) is 0 Å². The maximum atomic E-state index is 13.8. The number of benzene rings is 1. The minimum absolute atomic E-state index is 0.112. The van der Waals surface area contributed by atoms with E-state index in [4.69, 9.17) is 5.73 Å². The molecule has 0 spiro atoms. The Morgan fingerprint density at radius 2 is 1.67 bits per heavy atom. The van der Waals surface area contributed by atoms with Gasteiger partial charge in [0.15, 0.2) is 5.82 Å². The predicted octanol–water partition coefficient (Wildman–Crippen LogP) is 2.75. The molecule has 0 bridgehead atoms. The molecule has 0 saturated carbocycles. The molecule has 0 atom stereocenters. The molecule has 1 aromatic carbocycles. The molecule has 0 unspecified atom stereocenters. The number of nitrogens with two attached hydrogens (primary N) is 1. The molecule has 0 aliphatic heterocycles. The van der Waals surface area contributed by atoms with Gasteiger partial charge in [0.1, 0.15) is 16.4 Å². The predicted molar refractivity (Wildman–Crippen MR) is 79.1 cm³/mol. The lowest BCUT2D eigenvalue weighted by atomic mass is 9.86. The van der Waals surface area contributed by atoms with E-state index in [1.807, 2.05) is 27.7 Å². The Labute approximate surface area is 124 Å². The van der Waals surface area contributed by atoms with E-state index < -0.39 is 32.2 Å². The van der Waals surface area contributed by atoms with Gasteiger partial charge in [-0.1, -0.05) is 27.7 Å². The van der Waals surface area contributed by atoms with Gasteiger partial charge in [0, 0.05) is 6.54 Å². The molecule has 7 heteroatoms. The normalized spacial score (nSPS) is 12.6. The summed E-state index contributed by atoms with van der Waals surface area (Å²) in [4.78, 5) is -0.632. The highest BCUT2D eigenvalue weighted by Gasteiger charge is 2.25. The van der Waals surface area contributed by atoms with Crippen molar-refractivity contribution in [2.24, 2.45) is 17.8 Å². The molecule has 4 nitrogen and oxygen atoms in total. The second kappa shape index (κ2) is 6.70. The third-order valence-corrected chi connectivity index (χ3v) is 5.04. The first kappa shape index (κ1) is 17.8. The molecule has 120 valence electrons. The number of hydrogen-bond donors (Lipinski definition) is 2. The Morgan fingerprint density at radius 1 is 1.14 bits per heavy atom. The molecule has 0 amide bonds. The third-order valence-electron chi connectivity index (χ3n) is 3.60. The largest absolute Gasteiger partial charge is 0.394 e. The number of rotatable bonds is 6. The van der Waals surface area contributed by atoms with Crippen molar-refractivity contribution in [3.63, 3.8) is 0 Å². The average Bonchev–Trinajstić information content (AvgIpc) is 2.34. The minimum Gasteiger partial charge on any atom is -0.394 e. The SMILES string of the molecule is CC(C)C(CNS(=O)(=O)c1ccc(F)c(N)c1F)C(C)C. The zero-order valence-electron chi connectivity index (χ0n) is 12.7. The molecule has 0 radical (unpaired) electrons. The molecule has 21 heavy (non-hydrogen) atoms.